The first-order valence-electron chi connectivity index (χ1n) is 3.38. The van der Waals surface area contributed by atoms with E-state index in [2.05, 4.69) is 0 Å². The van der Waals surface area contributed by atoms with Crippen molar-refractivity contribution < 1.29 is 9.53 Å². The van der Waals surface area contributed by atoms with Gasteiger partial charge in [0.2, 0.25) is 0 Å². The Morgan fingerprint density at radius 3 is 3.18 bits per heavy atom. The number of allylic oxidation sites excluding steroid dienone is 3. The third-order valence-corrected chi connectivity index (χ3v) is 2.29. The van der Waals surface area contributed by atoms with Gasteiger partial charge in [0.25, 0.3) is 0 Å². The van der Waals surface area contributed by atoms with Crippen molar-refractivity contribution in [3.05, 3.63) is 23.8 Å². The summed E-state index contributed by atoms with van der Waals surface area (Å²) < 4.78 is 4.84. The fraction of sp³-hybridized carbons (Fsp3) is 0.250. The molecule has 2 rings (SSSR count). The molecule has 1 aliphatic heterocycles. The Morgan fingerprint density at radius 2 is 2.45 bits per heavy atom. The second kappa shape index (κ2) is 2.27. The molecule has 56 valence electrons. The number of carbonyl (C=O) groups excluding carboxylic acids is 1. The second-order valence-electron chi connectivity index (χ2n) is 2.53. The summed E-state index contributed by atoms with van der Waals surface area (Å²) >= 11 is 5.04. The first kappa shape index (κ1) is 6.73. The van der Waals surface area contributed by atoms with E-state index in [-0.39, 0.29) is 11.9 Å². The van der Waals surface area contributed by atoms with Gasteiger partial charge in [0.15, 0.2) is 0 Å². The maximum absolute atomic E-state index is 11.0. The lowest BCUT2D eigenvalue weighted by molar-refractivity contribution is -0.135. The highest BCUT2D eigenvalue weighted by molar-refractivity contribution is 7.80. The van der Waals surface area contributed by atoms with Crippen LogP contribution in [0.25, 0.3) is 0 Å². The molecule has 1 saturated heterocycles. The summed E-state index contributed by atoms with van der Waals surface area (Å²) in [5.74, 6) is -0.177. The Morgan fingerprint density at radius 1 is 1.64 bits per heavy atom. The fourth-order valence-corrected chi connectivity index (χ4v) is 1.53. The van der Waals surface area contributed by atoms with Gasteiger partial charge in [-0.3, -0.25) is 0 Å². The Labute approximate surface area is 69.5 Å². The summed E-state index contributed by atoms with van der Waals surface area (Å²) in [7, 11) is 0. The second-order valence-corrected chi connectivity index (χ2v) is 3.01. The van der Waals surface area contributed by atoms with Crippen LogP contribution in [-0.2, 0) is 9.53 Å². The number of carbonyl (C=O) groups is 1. The number of cyclic esters (lactones) is 1. The maximum atomic E-state index is 11.0. The number of esters is 1. The van der Waals surface area contributed by atoms with Gasteiger partial charge < -0.3 is 4.74 Å². The number of rotatable bonds is 0. The number of ether oxygens (including phenoxy) is 1. The third kappa shape index (κ3) is 0.922. The molecule has 0 spiro atoms. The van der Waals surface area contributed by atoms with E-state index in [1.54, 1.807) is 12.2 Å². The molecule has 0 aromatic carbocycles. The van der Waals surface area contributed by atoms with E-state index in [1.165, 1.54) is 0 Å². The van der Waals surface area contributed by atoms with Gasteiger partial charge in [0, 0.05) is 10.4 Å². The SMILES string of the molecule is O=C1OCC2C(=S)C=CC=C12. The van der Waals surface area contributed by atoms with Crippen LogP contribution in [0, 0.1) is 5.92 Å². The first-order valence-corrected chi connectivity index (χ1v) is 3.79. The van der Waals surface area contributed by atoms with Crippen molar-refractivity contribution in [3.63, 3.8) is 0 Å². The molecular weight excluding hydrogens is 160 g/mol. The van der Waals surface area contributed by atoms with E-state index >= 15 is 0 Å². The quantitative estimate of drug-likeness (QED) is 0.397. The van der Waals surface area contributed by atoms with Crippen LogP contribution < -0.4 is 0 Å². The third-order valence-electron chi connectivity index (χ3n) is 1.87. The topological polar surface area (TPSA) is 26.3 Å². The zero-order chi connectivity index (χ0) is 7.84. The van der Waals surface area contributed by atoms with Crippen molar-refractivity contribution in [3.8, 4) is 0 Å². The van der Waals surface area contributed by atoms with Crippen LogP contribution in [0.2, 0.25) is 0 Å². The van der Waals surface area contributed by atoms with Crippen molar-refractivity contribution in [2.75, 3.05) is 6.61 Å². The van der Waals surface area contributed by atoms with Gasteiger partial charge in [0.1, 0.15) is 6.61 Å². The highest BCUT2D eigenvalue weighted by atomic mass is 32.1. The smallest absolute Gasteiger partial charge is 0.334 e. The molecule has 2 nitrogen and oxygen atoms in total. The molecule has 0 saturated carbocycles. The van der Waals surface area contributed by atoms with Crippen LogP contribution in [0.1, 0.15) is 0 Å². The van der Waals surface area contributed by atoms with Gasteiger partial charge >= 0.3 is 5.97 Å². The fourth-order valence-electron chi connectivity index (χ4n) is 1.26. The molecule has 0 bridgehead atoms. The molecule has 1 aliphatic carbocycles. The Kier molecular flexibility index (Phi) is 1.39. The van der Waals surface area contributed by atoms with Gasteiger partial charge in [-0.25, -0.2) is 4.79 Å². The molecule has 0 N–H and O–H groups in total. The molecule has 1 heterocycles. The van der Waals surface area contributed by atoms with E-state index in [1.807, 2.05) is 6.08 Å². The minimum atomic E-state index is -0.221. The standard InChI is InChI=1S/C8H6O2S/c9-8-5-2-1-3-7(11)6(5)4-10-8/h1-3,6H,4H2. The van der Waals surface area contributed by atoms with Gasteiger partial charge in [-0.05, 0) is 6.08 Å². The molecule has 0 aromatic heterocycles. The van der Waals surface area contributed by atoms with Crippen LogP contribution in [0.15, 0.2) is 23.8 Å². The number of thiocarbonyl (C=S) groups is 1. The molecule has 0 radical (unpaired) electrons. The van der Waals surface area contributed by atoms with Gasteiger partial charge in [-0.15, -0.1) is 0 Å². The Balaban J connectivity index is 2.42. The number of hydrogen-bond donors (Lipinski definition) is 0. The molecule has 1 atom stereocenters. The molecule has 2 aliphatic rings. The lowest BCUT2D eigenvalue weighted by Crippen LogP contribution is -2.14. The summed E-state index contributed by atoms with van der Waals surface area (Å²) in [6, 6.07) is 0. The predicted molar refractivity (Wildman–Crippen MR) is 44.3 cm³/mol. The Hall–Kier alpha value is -0.960. The average Bonchev–Trinajstić information content (AvgIpc) is 2.35. The van der Waals surface area contributed by atoms with Gasteiger partial charge in [-0.1, -0.05) is 24.4 Å². The minimum absolute atomic E-state index is 0.0440. The summed E-state index contributed by atoms with van der Waals surface area (Å²) in [6.07, 6.45) is 5.40. The minimum Gasteiger partial charge on any atom is -0.461 e. The molecule has 11 heavy (non-hydrogen) atoms. The summed E-state index contributed by atoms with van der Waals surface area (Å²) in [5.41, 5.74) is 0.706. The number of hydrogen-bond acceptors (Lipinski definition) is 3. The molecule has 1 fully saturated rings. The van der Waals surface area contributed by atoms with Gasteiger partial charge in [0.05, 0.1) is 5.92 Å². The maximum Gasteiger partial charge on any atom is 0.334 e. The van der Waals surface area contributed by atoms with Crippen LogP contribution in [0.5, 0.6) is 0 Å². The molecule has 1 unspecified atom stereocenters. The van der Waals surface area contributed by atoms with Crippen LogP contribution in [-0.4, -0.2) is 17.4 Å². The molecule has 3 heteroatoms. The van der Waals surface area contributed by atoms with Crippen LogP contribution >= 0.6 is 12.2 Å². The summed E-state index contributed by atoms with van der Waals surface area (Å²) in [4.78, 5) is 11.8. The lowest BCUT2D eigenvalue weighted by Gasteiger charge is -2.08. The van der Waals surface area contributed by atoms with Crippen molar-refractivity contribution in [1.82, 2.24) is 0 Å². The van der Waals surface area contributed by atoms with E-state index < -0.39 is 0 Å². The summed E-state index contributed by atoms with van der Waals surface area (Å²) in [6.45, 7) is 0.424. The first-order chi connectivity index (χ1) is 5.29. The Bertz CT molecular complexity index is 286. The highest BCUT2D eigenvalue weighted by Crippen LogP contribution is 2.26. The van der Waals surface area contributed by atoms with E-state index in [0.717, 1.165) is 4.86 Å². The zero-order valence-corrected chi connectivity index (χ0v) is 6.56. The van der Waals surface area contributed by atoms with E-state index in [4.69, 9.17) is 17.0 Å². The average molecular weight is 166 g/mol. The molecule has 0 aromatic rings. The van der Waals surface area contributed by atoms with Gasteiger partial charge in [-0.2, -0.15) is 0 Å². The number of fused-ring (bicyclic) bond motifs is 1. The van der Waals surface area contributed by atoms with Crippen LogP contribution in [0.4, 0.5) is 0 Å². The van der Waals surface area contributed by atoms with Crippen LogP contribution in [0.3, 0.4) is 0 Å². The van der Waals surface area contributed by atoms with Crippen molar-refractivity contribution >= 4 is 23.1 Å². The van der Waals surface area contributed by atoms with Crippen molar-refractivity contribution in [2.24, 2.45) is 5.92 Å². The zero-order valence-electron chi connectivity index (χ0n) is 5.74. The largest absolute Gasteiger partial charge is 0.461 e. The van der Waals surface area contributed by atoms with Crippen molar-refractivity contribution in [2.45, 2.75) is 0 Å². The lowest BCUT2D eigenvalue weighted by atomic mass is 9.94. The predicted octanol–water partition coefficient (Wildman–Crippen LogP) is 1.03. The molecule has 0 amide bonds. The normalized spacial score (nSPS) is 28.0. The summed E-state index contributed by atoms with van der Waals surface area (Å²) in [5, 5.41) is 0. The van der Waals surface area contributed by atoms with E-state index in [9.17, 15) is 4.79 Å². The monoisotopic (exact) mass is 166 g/mol. The van der Waals surface area contributed by atoms with E-state index in [0.29, 0.717) is 12.2 Å². The highest BCUT2D eigenvalue weighted by Gasteiger charge is 2.33. The van der Waals surface area contributed by atoms with Crippen molar-refractivity contribution in [1.29, 1.82) is 0 Å². The molecular formula is C8H6O2S.